The molecule has 0 spiro atoms. The minimum absolute atomic E-state index is 0.102. The zero-order valence-corrected chi connectivity index (χ0v) is 23.4. The first-order valence-electron chi connectivity index (χ1n) is 14.0. The van der Waals surface area contributed by atoms with Crippen molar-refractivity contribution in [1.82, 2.24) is 14.9 Å². The summed E-state index contributed by atoms with van der Waals surface area (Å²) < 4.78 is 19.3. The summed E-state index contributed by atoms with van der Waals surface area (Å²) in [6.07, 6.45) is 7.27. The zero-order chi connectivity index (χ0) is 28.1. The molecule has 9 heteroatoms. The molecule has 3 atom stereocenters. The van der Waals surface area contributed by atoms with Crippen molar-refractivity contribution in [2.24, 2.45) is 5.92 Å². The number of imidazole rings is 1. The summed E-state index contributed by atoms with van der Waals surface area (Å²) in [6.45, 7) is 5.11. The van der Waals surface area contributed by atoms with E-state index in [1.807, 2.05) is 42.9 Å². The largest absolute Gasteiger partial charge is 0.489 e. The van der Waals surface area contributed by atoms with Crippen molar-refractivity contribution >= 4 is 17.6 Å². The third kappa shape index (κ3) is 6.47. The summed E-state index contributed by atoms with van der Waals surface area (Å²) >= 11 is 0. The molecule has 0 bridgehead atoms. The summed E-state index contributed by atoms with van der Waals surface area (Å²) in [5.74, 6) is 0.861. The molecule has 2 saturated heterocycles. The number of anilines is 1. The number of carbonyl (C=O) groups is 2. The number of carbonyl (C=O) groups excluding carboxylic acids is 2. The van der Waals surface area contributed by atoms with Crippen LogP contribution in [0.2, 0.25) is 0 Å². The van der Waals surface area contributed by atoms with Crippen LogP contribution in [0.4, 0.5) is 5.69 Å². The van der Waals surface area contributed by atoms with Crippen LogP contribution in [0.15, 0.2) is 48.9 Å². The molecule has 0 aliphatic carbocycles. The van der Waals surface area contributed by atoms with Gasteiger partial charge >= 0.3 is 5.97 Å². The molecular formula is C31H38N4O5. The Kier molecular flexibility index (Phi) is 8.69. The average molecular weight is 547 g/mol. The second-order valence-electron chi connectivity index (χ2n) is 10.7. The van der Waals surface area contributed by atoms with E-state index in [0.717, 1.165) is 47.5 Å². The normalized spacial score (nSPS) is 19.8. The SMILES string of the molecule is CNc1ccc(C)cc1-n1cnc(-c2ccc(C)cc2OCCOC(=O)CCCC[C@@H]2OC[C@@H]3NC(=O)C[C@@H]32)c1. The molecule has 1 aromatic heterocycles. The van der Waals surface area contributed by atoms with Gasteiger partial charge in [-0.05, 0) is 62.1 Å². The van der Waals surface area contributed by atoms with Crippen LogP contribution in [0, 0.1) is 19.8 Å². The fourth-order valence-electron chi connectivity index (χ4n) is 5.55. The van der Waals surface area contributed by atoms with Gasteiger partial charge in [-0.3, -0.25) is 9.59 Å². The third-order valence-corrected chi connectivity index (χ3v) is 7.67. The first-order chi connectivity index (χ1) is 19.4. The maximum atomic E-state index is 12.3. The number of benzene rings is 2. The van der Waals surface area contributed by atoms with Gasteiger partial charge in [-0.15, -0.1) is 0 Å². The van der Waals surface area contributed by atoms with Crippen LogP contribution in [0.5, 0.6) is 5.75 Å². The third-order valence-electron chi connectivity index (χ3n) is 7.67. The van der Waals surface area contributed by atoms with E-state index in [1.54, 1.807) is 6.33 Å². The fourth-order valence-corrected chi connectivity index (χ4v) is 5.55. The van der Waals surface area contributed by atoms with Crippen LogP contribution in [0.3, 0.4) is 0 Å². The quantitative estimate of drug-likeness (QED) is 0.253. The molecule has 0 saturated carbocycles. The van der Waals surface area contributed by atoms with Crippen molar-refractivity contribution < 1.29 is 23.8 Å². The number of aryl methyl sites for hydroxylation is 2. The van der Waals surface area contributed by atoms with Gasteiger partial charge in [0.15, 0.2) is 0 Å². The molecule has 3 aromatic rings. The Labute approximate surface area is 235 Å². The van der Waals surface area contributed by atoms with E-state index in [0.29, 0.717) is 25.2 Å². The van der Waals surface area contributed by atoms with E-state index in [-0.39, 0.29) is 43.2 Å². The predicted molar refractivity (Wildman–Crippen MR) is 153 cm³/mol. The minimum atomic E-state index is -0.228. The maximum absolute atomic E-state index is 12.3. The monoisotopic (exact) mass is 546 g/mol. The van der Waals surface area contributed by atoms with Crippen molar-refractivity contribution in [1.29, 1.82) is 0 Å². The van der Waals surface area contributed by atoms with Crippen molar-refractivity contribution in [3.05, 3.63) is 60.0 Å². The lowest BCUT2D eigenvalue weighted by molar-refractivity contribution is -0.144. The van der Waals surface area contributed by atoms with E-state index in [2.05, 4.69) is 40.7 Å². The number of ether oxygens (including phenoxy) is 3. The molecule has 2 aliphatic heterocycles. The Morgan fingerprint density at radius 3 is 2.83 bits per heavy atom. The Morgan fingerprint density at radius 1 is 1.15 bits per heavy atom. The number of esters is 1. The van der Waals surface area contributed by atoms with E-state index in [1.165, 1.54) is 5.56 Å². The Bertz CT molecular complexity index is 1350. The second-order valence-corrected chi connectivity index (χ2v) is 10.7. The Hall–Kier alpha value is -3.85. The number of hydrogen-bond donors (Lipinski definition) is 2. The van der Waals surface area contributed by atoms with Crippen molar-refractivity contribution in [2.45, 2.75) is 58.1 Å². The molecule has 1 amide bonds. The van der Waals surface area contributed by atoms with E-state index >= 15 is 0 Å². The van der Waals surface area contributed by atoms with Crippen LogP contribution in [0.1, 0.15) is 43.2 Å². The topological polar surface area (TPSA) is 104 Å². The molecule has 3 heterocycles. The number of nitrogens with zero attached hydrogens (tertiary/aromatic N) is 2. The van der Waals surface area contributed by atoms with E-state index < -0.39 is 0 Å². The second kappa shape index (κ2) is 12.6. The molecule has 2 fully saturated rings. The summed E-state index contributed by atoms with van der Waals surface area (Å²) in [6, 6.07) is 12.4. The fraction of sp³-hybridized carbons (Fsp3) is 0.452. The highest BCUT2D eigenvalue weighted by molar-refractivity contribution is 5.79. The number of fused-ring (bicyclic) bond motifs is 1. The van der Waals surface area contributed by atoms with E-state index in [4.69, 9.17) is 14.2 Å². The van der Waals surface area contributed by atoms with Crippen LogP contribution >= 0.6 is 0 Å². The minimum Gasteiger partial charge on any atom is -0.489 e. The number of nitrogens with one attached hydrogen (secondary N) is 2. The molecular weight excluding hydrogens is 508 g/mol. The molecule has 9 nitrogen and oxygen atoms in total. The molecule has 0 unspecified atom stereocenters. The Balaban J connectivity index is 1.09. The highest BCUT2D eigenvalue weighted by Crippen LogP contribution is 2.33. The molecule has 2 aliphatic rings. The van der Waals surface area contributed by atoms with Gasteiger partial charge in [0.1, 0.15) is 19.0 Å². The number of amides is 1. The summed E-state index contributed by atoms with van der Waals surface area (Å²) in [4.78, 5) is 28.5. The molecule has 40 heavy (non-hydrogen) atoms. The van der Waals surface area contributed by atoms with E-state index in [9.17, 15) is 9.59 Å². The van der Waals surface area contributed by atoms with Crippen molar-refractivity contribution in [3.8, 4) is 22.7 Å². The van der Waals surface area contributed by atoms with Crippen molar-refractivity contribution in [3.63, 3.8) is 0 Å². The molecule has 2 aromatic carbocycles. The first kappa shape index (κ1) is 27.7. The van der Waals surface area contributed by atoms with Gasteiger partial charge in [0.05, 0.1) is 42.1 Å². The Morgan fingerprint density at radius 2 is 1.98 bits per heavy atom. The lowest BCUT2D eigenvalue weighted by atomic mass is 9.93. The van der Waals surface area contributed by atoms with Gasteiger partial charge in [0.2, 0.25) is 5.91 Å². The van der Waals surface area contributed by atoms with Gasteiger partial charge in [0, 0.05) is 37.6 Å². The van der Waals surface area contributed by atoms with Gasteiger partial charge in [-0.2, -0.15) is 0 Å². The van der Waals surface area contributed by atoms with Crippen LogP contribution in [-0.2, 0) is 19.1 Å². The average Bonchev–Trinajstić information content (AvgIpc) is 3.66. The molecule has 0 radical (unpaired) electrons. The summed E-state index contributed by atoms with van der Waals surface area (Å²) in [7, 11) is 1.91. The van der Waals surface area contributed by atoms with Gasteiger partial charge < -0.3 is 29.4 Å². The molecule has 2 N–H and O–H groups in total. The van der Waals surface area contributed by atoms with Crippen molar-refractivity contribution in [2.75, 3.05) is 32.2 Å². The highest BCUT2D eigenvalue weighted by atomic mass is 16.6. The van der Waals surface area contributed by atoms with Gasteiger partial charge in [-0.1, -0.05) is 18.6 Å². The standard InChI is InChI=1S/C31H38N4O5/c1-20-9-11-24(32-3)27(14-20)35-17-25(33-19-35)22-10-8-21(2)15-29(22)38-12-13-39-31(37)7-5-4-6-28-23-16-30(36)34-26(23)18-40-28/h8-11,14-15,17,19,23,26,28,32H,4-7,12-13,16,18H2,1-3H3,(H,34,36)/t23-,26-,28-/m0/s1. The van der Waals surface area contributed by atoms with Crippen LogP contribution in [0.25, 0.3) is 16.9 Å². The number of aromatic nitrogens is 2. The maximum Gasteiger partial charge on any atom is 0.305 e. The lowest BCUT2D eigenvalue weighted by Gasteiger charge is -2.15. The molecule has 5 rings (SSSR count). The number of unbranched alkanes of at least 4 members (excludes halogenated alkanes) is 1. The number of hydrogen-bond acceptors (Lipinski definition) is 7. The molecule has 212 valence electrons. The predicted octanol–water partition coefficient (Wildman–Crippen LogP) is 4.58. The summed E-state index contributed by atoms with van der Waals surface area (Å²) in [5.41, 5.74) is 5.95. The van der Waals surface area contributed by atoms with Gasteiger partial charge in [-0.25, -0.2) is 4.98 Å². The first-order valence-corrected chi connectivity index (χ1v) is 14.0. The van der Waals surface area contributed by atoms with Crippen LogP contribution < -0.4 is 15.4 Å². The lowest BCUT2D eigenvalue weighted by Crippen LogP contribution is -2.29. The number of rotatable bonds is 12. The highest BCUT2D eigenvalue weighted by Gasteiger charge is 2.43. The van der Waals surface area contributed by atoms with Crippen LogP contribution in [-0.4, -0.2) is 60.4 Å². The van der Waals surface area contributed by atoms with Gasteiger partial charge in [0.25, 0.3) is 0 Å². The summed E-state index contributed by atoms with van der Waals surface area (Å²) in [5, 5.41) is 6.20. The zero-order valence-electron chi connectivity index (χ0n) is 23.4. The smallest absolute Gasteiger partial charge is 0.305 e.